The number of hydrogen-bond acceptors (Lipinski definition) is 4. The molecule has 0 aromatic rings. The van der Waals surface area contributed by atoms with Crippen molar-refractivity contribution in [2.24, 2.45) is 0 Å². The van der Waals surface area contributed by atoms with Crippen molar-refractivity contribution in [3.8, 4) is 0 Å². The van der Waals surface area contributed by atoms with Crippen LogP contribution in [0.1, 0.15) is 33.1 Å². The summed E-state index contributed by atoms with van der Waals surface area (Å²) in [5.74, 6) is -0.429. The third kappa shape index (κ3) is 12.5. The Bertz CT molecular complexity index is 454. The molecule has 0 spiro atoms. The molecule has 0 aromatic carbocycles. The number of hydrogen-bond donors (Lipinski definition) is 1. The fourth-order valence-corrected chi connectivity index (χ4v) is 2.29. The summed E-state index contributed by atoms with van der Waals surface area (Å²) < 4.78 is 35.7. The Balaban J connectivity index is 3.89. The van der Waals surface area contributed by atoms with Gasteiger partial charge >= 0.3 is 5.97 Å². The van der Waals surface area contributed by atoms with E-state index in [4.69, 9.17) is 9.29 Å². The highest BCUT2D eigenvalue weighted by Gasteiger charge is 2.16. The fourth-order valence-electron chi connectivity index (χ4n) is 1.72. The zero-order valence-corrected chi connectivity index (χ0v) is 14.3. The number of ether oxygens (including phenoxy) is 1. The molecule has 0 aliphatic carbocycles. The van der Waals surface area contributed by atoms with Crippen LogP contribution in [0.5, 0.6) is 0 Å². The topological polar surface area (TPSA) is 80.7 Å². The third-order valence-corrected chi connectivity index (χ3v) is 4.10. The molecule has 0 heterocycles. The Labute approximate surface area is 128 Å². The lowest BCUT2D eigenvalue weighted by Crippen LogP contribution is -2.43. The van der Waals surface area contributed by atoms with Gasteiger partial charge in [0.25, 0.3) is 10.1 Å². The van der Waals surface area contributed by atoms with Gasteiger partial charge in [0.05, 0.1) is 32.8 Å². The minimum absolute atomic E-state index is 0.204. The first-order chi connectivity index (χ1) is 9.56. The van der Waals surface area contributed by atoms with Crippen molar-refractivity contribution in [2.45, 2.75) is 33.1 Å². The lowest BCUT2D eigenvalue weighted by Gasteiger charge is -2.29. The van der Waals surface area contributed by atoms with Gasteiger partial charge in [-0.2, -0.15) is 8.42 Å². The lowest BCUT2D eigenvalue weighted by atomic mass is 10.2. The Morgan fingerprint density at radius 2 is 1.86 bits per heavy atom. The van der Waals surface area contributed by atoms with Crippen molar-refractivity contribution in [1.29, 1.82) is 0 Å². The summed E-state index contributed by atoms with van der Waals surface area (Å²) in [5, 5.41) is 0. The Hall–Kier alpha value is -0.920. The van der Waals surface area contributed by atoms with E-state index in [2.05, 4.69) is 0 Å². The maximum Gasteiger partial charge on any atom is 0.310 e. The van der Waals surface area contributed by atoms with Crippen molar-refractivity contribution in [3.05, 3.63) is 11.6 Å². The number of rotatable bonds is 10. The van der Waals surface area contributed by atoms with E-state index in [9.17, 15) is 13.2 Å². The van der Waals surface area contributed by atoms with Crippen LogP contribution in [0.25, 0.3) is 0 Å². The predicted octanol–water partition coefficient (Wildman–Crippen LogP) is 1.63. The average Bonchev–Trinajstić information content (AvgIpc) is 2.33. The molecule has 0 saturated carbocycles. The molecule has 0 unspecified atom stereocenters. The van der Waals surface area contributed by atoms with E-state index in [1.54, 1.807) is 0 Å². The van der Waals surface area contributed by atoms with Crippen LogP contribution in [0, 0.1) is 0 Å². The van der Waals surface area contributed by atoms with Gasteiger partial charge in [-0.15, -0.1) is 0 Å². The fraction of sp³-hybridized carbons (Fsp3) is 0.786. The summed E-state index contributed by atoms with van der Waals surface area (Å²) in [6.45, 7) is 5.56. The number of esters is 1. The number of unbranched alkanes of at least 4 members (excludes halogenated alkanes) is 1. The molecule has 21 heavy (non-hydrogen) atoms. The van der Waals surface area contributed by atoms with Gasteiger partial charge in [-0.25, -0.2) is 0 Å². The van der Waals surface area contributed by atoms with Crippen LogP contribution < -0.4 is 0 Å². The smallest absolute Gasteiger partial charge is 0.310 e. The standard InChI is InChI=1S/C14H27NO5S/c1-5-13(2)12-14(16)20-10-9-15(3,4)8-6-7-11-21(17,18)19/h5H,6-12H2,1-4H3/p+1. The SMILES string of the molecule is CC=C(C)CC(=O)OCC[N+](C)(C)CCCCS(=O)(=O)O. The van der Waals surface area contributed by atoms with Crippen LogP contribution in [0.4, 0.5) is 0 Å². The van der Waals surface area contributed by atoms with Crippen molar-refractivity contribution in [2.75, 3.05) is 39.5 Å². The second-order valence-electron chi connectivity index (χ2n) is 5.91. The van der Waals surface area contributed by atoms with E-state index in [1.165, 1.54) is 0 Å². The van der Waals surface area contributed by atoms with Crippen LogP contribution >= 0.6 is 0 Å². The van der Waals surface area contributed by atoms with Gasteiger partial charge in [-0.05, 0) is 26.7 Å². The summed E-state index contributed by atoms with van der Waals surface area (Å²) in [4.78, 5) is 11.5. The van der Waals surface area contributed by atoms with Crippen molar-refractivity contribution >= 4 is 16.1 Å². The number of allylic oxidation sites excluding steroid dienone is 1. The second-order valence-corrected chi connectivity index (χ2v) is 7.48. The third-order valence-electron chi connectivity index (χ3n) is 3.29. The van der Waals surface area contributed by atoms with Crippen LogP contribution in [-0.4, -0.2) is 63.0 Å². The molecule has 0 fully saturated rings. The molecule has 1 N–H and O–H groups in total. The molecule has 0 aliphatic heterocycles. The Morgan fingerprint density at radius 3 is 2.38 bits per heavy atom. The zero-order valence-electron chi connectivity index (χ0n) is 13.5. The van der Waals surface area contributed by atoms with Crippen molar-refractivity contribution in [3.63, 3.8) is 0 Å². The van der Waals surface area contributed by atoms with Gasteiger partial charge in [0.15, 0.2) is 0 Å². The molecule has 0 radical (unpaired) electrons. The normalized spacial score (nSPS) is 13.3. The first-order valence-electron chi connectivity index (χ1n) is 7.10. The second kappa shape index (κ2) is 9.17. The van der Waals surface area contributed by atoms with Gasteiger partial charge < -0.3 is 9.22 Å². The largest absolute Gasteiger partial charge is 0.459 e. The van der Waals surface area contributed by atoms with Gasteiger partial charge in [0.2, 0.25) is 0 Å². The molecule has 0 rings (SSSR count). The van der Waals surface area contributed by atoms with E-state index in [0.717, 1.165) is 12.1 Å². The quantitative estimate of drug-likeness (QED) is 0.217. The highest BCUT2D eigenvalue weighted by Crippen LogP contribution is 2.05. The van der Waals surface area contributed by atoms with Crippen molar-refractivity contribution in [1.82, 2.24) is 0 Å². The zero-order chi connectivity index (χ0) is 16.5. The van der Waals surface area contributed by atoms with E-state index in [0.29, 0.717) is 36.9 Å². The summed E-state index contributed by atoms with van der Waals surface area (Å²) in [6, 6.07) is 0. The van der Waals surface area contributed by atoms with E-state index < -0.39 is 10.1 Å². The molecule has 0 aromatic heterocycles. The maximum absolute atomic E-state index is 11.5. The molecule has 0 amide bonds. The Morgan fingerprint density at radius 1 is 1.24 bits per heavy atom. The van der Waals surface area contributed by atoms with Gasteiger partial charge in [-0.1, -0.05) is 11.6 Å². The first-order valence-corrected chi connectivity index (χ1v) is 8.71. The minimum atomic E-state index is -3.87. The van der Waals surface area contributed by atoms with E-state index in [-0.39, 0.29) is 11.7 Å². The highest BCUT2D eigenvalue weighted by molar-refractivity contribution is 7.85. The minimum Gasteiger partial charge on any atom is -0.459 e. The number of likely N-dealkylation sites (N-methyl/N-ethyl adjacent to an activating group) is 1. The summed E-state index contributed by atoms with van der Waals surface area (Å²) in [7, 11) is 0.131. The maximum atomic E-state index is 11.5. The highest BCUT2D eigenvalue weighted by atomic mass is 32.2. The van der Waals surface area contributed by atoms with Crippen molar-refractivity contribution < 1.29 is 27.0 Å². The molecule has 0 bridgehead atoms. The summed E-state index contributed by atoms with van der Waals surface area (Å²) >= 11 is 0. The first kappa shape index (κ1) is 20.1. The molecule has 124 valence electrons. The monoisotopic (exact) mass is 322 g/mol. The number of quaternary nitrogens is 1. The molecular weight excluding hydrogens is 294 g/mol. The van der Waals surface area contributed by atoms with E-state index >= 15 is 0 Å². The number of carbonyl (C=O) groups is 1. The van der Waals surface area contributed by atoms with Crippen LogP contribution in [-0.2, 0) is 19.6 Å². The summed E-state index contributed by atoms with van der Waals surface area (Å²) in [5.41, 5.74) is 0.985. The van der Waals surface area contributed by atoms with Gasteiger partial charge in [0, 0.05) is 0 Å². The average molecular weight is 322 g/mol. The van der Waals surface area contributed by atoms with Crippen LogP contribution in [0.15, 0.2) is 11.6 Å². The number of nitrogens with zero attached hydrogens (tertiary/aromatic N) is 1. The summed E-state index contributed by atoms with van der Waals surface area (Å²) in [6.07, 6.45) is 3.33. The number of carbonyl (C=O) groups excluding carboxylic acids is 1. The lowest BCUT2D eigenvalue weighted by molar-refractivity contribution is -0.890. The van der Waals surface area contributed by atoms with Crippen LogP contribution in [0.2, 0.25) is 0 Å². The molecule has 0 atom stereocenters. The van der Waals surface area contributed by atoms with Crippen LogP contribution in [0.3, 0.4) is 0 Å². The Kier molecular flexibility index (Phi) is 8.77. The van der Waals surface area contributed by atoms with Gasteiger partial charge in [-0.3, -0.25) is 9.35 Å². The molecular formula is C14H28NO5S+. The molecule has 0 saturated heterocycles. The molecule has 7 heteroatoms. The molecule has 6 nitrogen and oxygen atoms in total. The predicted molar refractivity (Wildman–Crippen MR) is 82.5 cm³/mol. The van der Waals surface area contributed by atoms with Gasteiger partial charge in [0.1, 0.15) is 13.2 Å². The van der Waals surface area contributed by atoms with E-state index in [1.807, 2.05) is 34.0 Å². The molecule has 0 aliphatic rings.